The SMILES string of the molecule is O=C(CS)SSC(=O)CS. The molecule has 0 rings (SSSR count). The van der Waals surface area contributed by atoms with E-state index in [0.29, 0.717) is 0 Å². The van der Waals surface area contributed by atoms with Crippen LogP contribution in [0.5, 0.6) is 0 Å². The Kier molecular flexibility index (Phi) is 6.93. The first-order valence-electron chi connectivity index (χ1n) is 2.32. The minimum atomic E-state index is -0.108. The summed E-state index contributed by atoms with van der Waals surface area (Å²) in [4.78, 5) is 21.0. The van der Waals surface area contributed by atoms with E-state index >= 15 is 0 Å². The molecule has 58 valence electrons. The molecule has 0 heterocycles. The molecule has 0 fully saturated rings. The Bertz CT molecular complexity index is 119. The minimum absolute atomic E-state index is 0.108. The molecule has 0 radical (unpaired) electrons. The number of carbonyl (C=O) groups is 2. The Hall–Kier alpha value is 0.740. The molecule has 0 spiro atoms. The van der Waals surface area contributed by atoms with Gasteiger partial charge in [0.05, 0.1) is 11.5 Å². The highest BCUT2D eigenvalue weighted by Gasteiger charge is 2.04. The Morgan fingerprint density at radius 3 is 1.50 bits per heavy atom. The van der Waals surface area contributed by atoms with Crippen molar-refractivity contribution < 1.29 is 9.59 Å². The average Bonchev–Trinajstić information content (AvgIpc) is 1.99. The van der Waals surface area contributed by atoms with Crippen molar-refractivity contribution in [3.05, 3.63) is 0 Å². The van der Waals surface area contributed by atoms with Crippen molar-refractivity contribution in [3.63, 3.8) is 0 Å². The maximum Gasteiger partial charge on any atom is 0.209 e. The van der Waals surface area contributed by atoms with Crippen LogP contribution in [0.15, 0.2) is 0 Å². The largest absolute Gasteiger partial charge is 0.285 e. The lowest BCUT2D eigenvalue weighted by Crippen LogP contribution is -1.93. The molecule has 0 aliphatic carbocycles. The third kappa shape index (κ3) is 5.52. The number of carbonyl (C=O) groups excluding carboxylic acids is 2. The van der Waals surface area contributed by atoms with Crippen molar-refractivity contribution in [2.24, 2.45) is 0 Å². The normalized spacial score (nSPS) is 9.40. The van der Waals surface area contributed by atoms with Crippen molar-refractivity contribution in [2.45, 2.75) is 0 Å². The van der Waals surface area contributed by atoms with Crippen LogP contribution >= 0.6 is 46.8 Å². The smallest absolute Gasteiger partial charge is 0.209 e. The Morgan fingerprint density at radius 2 is 1.30 bits per heavy atom. The topological polar surface area (TPSA) is 34.1 Å². The summed E-state index contributed by atoms with van der Waals surface area (Å²) in [5.74, 6) is 0.328. The molecule has 0 aromatic carbocycles. The molecule has 0 saturated heterocycles. The lowest BCUT2D eigenvalue weighted by molar-refractivity contribution is -0.109. The summed E-state index contributed by atoms with van der Waals surface area (Å²) in [5.41, 5.74) is 0. The second-order valence-electron chi connectivity index (χ2n) is 1.23. The predicted molar refractivity (Wildman–Crippen MR) is 52.9 cm³/mol. The number of hydrogen-bond donors (Lipinski definition) is 2. The van der Waals surface area contributed by atoms with Crippen LogP contribution < -0.4 is 0 Å². The molecule has 0 aromatic heterocycles. The molecule has 0 aliphatic rings. The molecule has 0 unspecified atom stereocenters. The van der Waals surface area contributed by atoms with Crippen LogP contribution in [0.3, 0.4) is 0 Å². The van der Waals surface area contributed by atoms with Crippen LogP contribution in [-0.4, -0.2) is 21.7 Å². The molecule has 0 aromatic rings. The van der Waals surface area contributed by atoms with Gasteiger partial charge in [0, 0.05) is 0 Å². The van der Waals surface area contributed by atoms with Crippen molar-refractivity contribution in [1.29, 1.82) is 0 Å². The molecular formula is C4H6O2S4. The molecule has 0 bridgehead atoms. The number of rotatable bonds is 2. The zero-order valence-corrected chi connectivity index (χ0v) is 8.36. The summed E-state index contributed by atoms with van der Waals surface area (Å²) in [6.07, 6.45) is 0. The van der Waals surface area contributed by atoms with Gasteiger partial charge in [-0.1, -0.05) is 0 Å². The summed E-state index contributed by atoms with van der Waals surface area (Å²) < 4.78 is 0. The predicted octanol–water partition coefficient (Wildman–Crippen LogP) is 1.28. The zero-order valence-electron chi connectivity index (χ0n) is 4.94. The maximum absolute atomic E-state index is 10.5. The van der Waals surface area contributed by atoms with Crippen LogP contribution in [0.4, 0.5) is 0 Å². The van der Waals surface area contributed by atoms with Gasteiger partial charge in [0.1, 0.15) is 0 Å². The first kappa shape index (κ1) is 10.7. The van der Waals surface area contributed by atoms with E-state index in [-0.39, 0.29) is 21.7 Å². The lowest BCUT2D eigenvalue weighted by Gasteiger charge is -1.91. The van der Waals surface area contributed by atoms with Gasteiger partial charge in [-0.2, -0.15) is 25.3 Å². The van der Waals surface area contributed by atoms with Crippen molar-refractivity contribution in [3.8, 4) is 0 Å². The summed E-state index contributed by atoms with van der Waals surface area (Å²) in [6.45, 7) is 0. The fourth-order valence-corrected chi connectivity index (χ4v) is 2.26. The highest BCUT2D eigenvalue weighted by molar-refractivity contribution is 8.87. The summed E-state index contributed by atoms with van der Waals surface area (Å²) >= 11 is 7.47. The van der Waals surface area contributed by atoms with E-state index in [1.165, 1.54) is 0 Å². The standard InChI is InChI=1S/C4H6O2S4/c5-3(1-7)9-10-4(6)2-8/h7-8H,1-2H2. The highest BCUT2D eigenvalue weighted by atomic mass is 33.1. The van der Waals surface area contributed by atoms with E-state index in [2.05, 4.69) is 25.3 Å². The maximum atomic E-state index is 10.5. The minimum Gasteiger partial charge on any atom is -0.285 e. The van der Waals surface area contributed by atoms with Crippen molar-refractivity contribution in [2.75, 3.05) is 11.5 Å². The number of thiol groups is 2. The summed E-state index contributed by atoms with van der Waals surface area (Å²) in [6, 6.07) is 0. The fourth-order valence-electron chi connectivity index (χ4n) is 0.146. The van der Waals surface area contributed by atoms with Crippen LogP contribution in [0, 0.1) is 0 Å². The van der Waals surface area contributed by atoms with E-state index in [1.807, 2.05) is 0 Å². The number of hydrogen-bond acceptors (Lipinski definition) is 6. The third-order valence-electron chi connectivity index (χ3n) is 0.486. The highest BCUT2D eigenvalue weighted by Crippen LogP contribution is 2.23. The van der Waals surface area contributed by atoms with Crippen LogP contribution in [0.2, 0.25) is 0 Å². The van der Waals surface area contributed by atoms with Crippen LogP contribution in [-0.2, 0) is 9.59 Å². The summed E-state index contributed by atoms with van der Waals surface area (Å²) in [7, 11) is 1.82. The van der Waals surface area contributed by atoms with E-state index in [9.17, 15) is 9.59 Å². The van der Waals surface area contributed by atoms with Gasteiger partial charge in [0.15, 0.2) is 0 Å². The van der Waals surface area contributed by atoms with Gasteiger partial charge < -0.3 is 0 Å². The van der Waals surface area contributed by atoms with Gasteiger partial charge in [0.25, 0.3) is 0 Å². The first-order chi connectivity index (χ1) is 4.70. The van der Waals surface area contributed by atoms with E-state index in [1.54, 1.807) is 0 Å². The first-order valence-corrected chi connectivity index (χ1v) is 5.74. The zero-order chi connectivity index (χ0) is 7.98. The fraction of sp³-hybridized carbons (Fsp3) is 0.500. The molecule has 0 saturated carbocycles. The van der Waals surface area contributed by atoms with E-state index < -0.39 is 0 Å². The lowest BCUT2D eigenvalue weighted by atomic mass is 10.9. The average molecular weight is 214 g/mol. The second kappa shape index (κ2) is 6.45. The Balaban J connectivity index is 3.35. The molecule has 10 heavy (non-hydrogen) atoms. The van der Waals surface area contributed by atoms with Gasteiger partial charge in [-0.15, -0.1) is 0 Å². The monoisotopic (exact) mass is 214 g/mol. The quantitative estimate of drug-likeness (QED) is 0.536. The molecule has 0 N–H and O–H groups in total. The van der Waals surface area contributed by atoms with E-state index in [4.69, 9.17) is 0 Å². The summed E-state index contributed by atoms with van der Waals surface area (Å²) in [5, 5.41) is -0.216. The van der Waals surface area contributed by atoms with Gasteiger partial charge in [0.2, 0.25) is 10.2 Å². The molecule has 0 atom stereocenters. The van der Waals surface area contributed by atoms with E-state index in [0.717, 1.165) is 21.6 Å². The Morgan fingerprint density at radius 1 is 1.00 bits per heavy atom. The van der Waals surface area contributed by atoms with Crippen LogP contribution in [0.1, 0.15) is 0 Å². The molecule has 0 aliphatic heterocycles. The van der Waals surface area contributed by atoms with Gasteiger partial charge >= 0.3 is 0 Å². The van der Waals surface area contributed by atoms with Gasteiger partial charge in [-0.3, -0.25) is 9.59 Å². The molecular weight excluding hydrogens is 208 g/mol. The third-order valence-corrected chi connectivity index (χ3v) is 3.60. The van der Waals surface area contributed by atoms with Gasteiger partial charge in [-0.25, -0.2) is 0 Å². The molecule has 0 amide bonds. The van der Waals surface area contributed by atoms with Crippen LogP contribution in [0.25, 0.3) is 0 Å². The van der Waals surface area contributed by atoms with Gasteiger partial charge in [-0.05, 0) is 21.6 Å². The van der Waals surface area contributed by atoms with Crippen molar-refractivity contribution >= 4 is 57.1 Å². The Labute approximate surface area is 78.1 Å². The molecule has 6 heteroatoms. The molecule has 2 nitrogen and oxygen atoms in total. The second-order valence-corrected chi connectivity index (χ2v) is 4.10. The van der Waals surface area contributed by atoms with Crippen molar-refractivity contribution in [1.82, 2.24) is 0 Å².